The molecule has 0 spiro atoms. The minimum Gasteiger partial charge on any atom is -0.460 e. The van der Waals surface area contributed by atoms with Gasteiger partial charge in [0.15, 0.2) is 0 Å². The number of nitrogens with zero attached hydrogens (tertiary/aromatic N) is 1. The Morgan fingerprint density at radius 1 is 1.04 bits per heavy atom. The second-order valence-corrected chi connectivity index (χ2v) is 7.80. The normalized spacial score (nSPS) is 27.8. The Labute approximate surface area is 153 Å². The number of carbonyl (C=O) groups is 1. The molecule has 4 aliphatic rings. The van der Waals surface area contributed by atoms with E-state index in [2.05, 4.69) is 4.90 Å². The highest BCUT2D eigenvalue weighted by Gasteiger charge is 2.47. The number of piperidine rings is 3. The first kappa shape index (κ1) is 15.9. The molecular weight excluding hydrogens is 326 g/mol. The summed E-state index contributed by atoms with van der Waals surface area (Å²) in [6.07, 6.45) is 2.26. The number of benzene rings is 2. The van der Waals surface area contributed by atoms with Crippen LogP contribution in [0.2, 0.25) is 0 Å². The number of esters is 1. The first-order chi connectivity index (χ1) is 12.7. The van der Waals surface area contributed by atoms with Crippen LogP contribution in [0, 0.1) is 5.92 Å². The maximum absolute atomic E-state index is 13.5. The van der Waals surface area contributed by atoms with Crippen LogP contribution in [0.15, 0.2) is 48.5 Å². The molecule has 4 aliphatic heterocycles. The Morgan fingerprint density at radius 2 is 1.62 bits per heavy atom. The van der Waals surface area contributed by atoms with Gasteiger partial charge in [0.05, 0.1) is 0 Å². The molecule has 3 fully saturated rings. The van der Waals surface area contributed by atoms with Crippen LogP contribution in [0.5, 0.6) is 11.5 Å². The molecular formula is C22H23NO3. The molecule has 1 unspecified atom stereocenters. The van der Waals surface area contributed by atoms with Crippen LogP contribution < -0.4 is 4.74 Å². The maximum atomic E-state index is 13.5. The predicted molar refractivity (Wildman–Crippen MR) is 98.5 cm³/mol. The molecule has 1 atom stereocenters. The van der Waals surface area contributed by atoms with Crippen LogP contribution in [0.3, 0.4) is 0 Å². The van der Waals surface area contributed by atoms with Crippen molar-refractivity contribution < 1.29 is 14.3 Å². The second kappa shape index (κ2) is 5.85. The highest BCUT2D eigenvalue weighted by Crippen LogP contribution is 2.48. The van der Waals surface area contributed by atoms with Crippen molar-refractivity contribution >= 4 is 5.97 Å². The van der Waals surface area contributed by atoms with Crippen LogP contribution in [-0.4, -0.2) is 36.6 Å². The van der Waals surface area contributed by atoms with Crippen LogP contribution in [0.1, 0.15) is 30.9 Å². The predicted octanol–water partition coefficient (Wildman–Crippen LogP) is 3.74. The zero-order chi connectivity index (χ0) is 17.7. The van der Waals surface area contributed by atoms with Crippen LogP contribution in [0.4, 0.5) is 0 Å². The van der Waals surface area contributed by atoms with Crippen LogP contribution in [0.25, 0.3) is 0 Å². The van der Waals surface area contributed by atoms with Gasteiger partial charge in [0.1, 0.15) is 23.0 Å². The van der Waals surface area contributed by atoms with Gasteiger partial charge in [-0.05, 0) is 50.9 Å². The van der Waals surface area contributed by atoms with Gasteiger partial charge < -0.3 is 9.47 Å². The molecule has 0 saturated carbocycles. The maximum Gasteiger partial charge on any atom is 0.321 e. The fraction of sp³-hybridized carbons (Fsp3) is 0.409. The van der Waals surface area contributed by atoms with Crippen molar-refractivity contribution in [1.82, 2.24) is 4.90 Å². The summed E-state index contributed by atoms with van der Waals surface area (Å²) < 4.78 is 12.2. The fourth-order valence-electron chi connectivity index (χ4n) is 4.72. The van der Waals surface area contributed by atoms with Crippen molar-refractivity contribution in [3.05, 3.63) is 59.7 Å². The minimum atomic E-state index is -0.850. The van der Waals surface area contributed by atoms with E-state index in [0.29, 0.717) is 5.92 Å². The topological polar surface area (TPSA) is 38.8 Å². The van der Waals surface area contributed by atoms with Crippen molar-refractivity contribution in [1.29, 1.82) is 0 Å². The molecule has 0 radical (unpaired) electrons. The molecule has 0 aromatic heterocycles. The quantitative estimate of drug-likeness (QED) is 0.775. The lowest BCUT2D eigenvalue weighted by Crippen LogP contribution is -2.53. The molecule has 4 heterocycles. The summed E-state index contributed by atoms with van der Waals surface area (Å²) >= 11 is 0. The number of hydrogen-bond donors (Lipinski definition) is 0. The number of ether oxygens (including phenoxy) is 2. The molecule has 3 saturated heterocycles. The Kier molecular flexibility index (Phi) is 3.57. The largest absolute Gasteiger partial charge is 0.460 e. The molecule has 0 aliphatic carbocycles. The highest BCUT2D eigenvalue weighted by atomic mass is 16.5. The summed E-state index contributed by atoms with van der Waals surface area (Å²) in [6, 6.07) is 15.6. The van der Waals surface area contributed by atoms with Gasteiger partial charge in [-0.1, -0.05) is 36.4 Å². The minimum absolute atomic E-state index is 0.00370. The Morgan fingerprint density at radius 3 is 2.15 bits per heavy atom. The molecule has 26 heavy (non-hydrogen) atoms. The Balaban J connectivity index is 1.53. The summed E-state index contributed by atoms with van der Waals surface area (Å²) in [7, 11) is 0. The second-order valence-electron chi connectivity index (χ2n) is 7.80. The molecule has 4 heteroatoms. The molecule has 134 valence electrons. The summed E-state index contributed by atoms with van der Waals surface area (Å²) in [6.45, 7) is 5.11. The molecule has 2 aromatic rings. The van der Waals surface area contributed by atoms with Gasteiger partial charge in [-0.25, -0.2) is 0 Å². The number of carbonyl (C=O) groups excluding carboxylic acids is 1. The third-order valence-electron chi connectivity index (χ3n) is 6.33. The van der Waals surface area contributed by atoms with E-state index in [1.807, 2.05) is 55.5 Å². The zero-order valence-electron chi connectivity index (χ0n) is 15.0. The van der Waals surface area contributed by atoms with Crippen molar-refractivity contribution in [2.75, 3.05) is 19.6 Å². The first-order valence-electron chi connectivity index (χ1n) is 9.46. The van der Waals surface area contributed by atoms with Crippen LogP contribution in [-0.2, 0) is 14.9 Å². The number of fused-ring (bicyclic) bond motifs is 5. The van der Waals surface area contributed by atoms with E-state index in [0.717, 1.165) is 55.1 Å². The first-order valence-corrected chi connectivity index (χ1v) is 9.46. The van der Waals surface area contributed by atoms with Gasteiger partial charge in [-0.3, -0.25) is 9.69 Å². The molecule has 0 N–H and O–H groups in total. The van der Waals surface area contributed by atoms with Crippen molar-refractivity contribution in [2.24, 2.45) is 5.92 Å². The van der Waals surface area contributed by atoms with E-state index in [-0.39, 0.29) is 12.1 Å². The van der Waals surface area contributed by atoms with Gasteiger partial charge in [0.2, 0.25) is 0 Å². The standard InChI is InChI=1S/C22H23NO3/c1-22(21(24)26-20-14-23-12-10-15(20)11-13-23)16-6-2-4-8-18(16)25-19-9-5-3-7-17(19)22/h2-9,15,20H,10-14H2,1H3. The monoisotopic (exact) mass is 349 g/mol. The lowest BCUT2D eigenvalue weighted by Gasteiger charge is -2.45. The zero-order valence-corrected chi connectivity index (χ0v) is 15.0. The lowest BCUT2D eigenvalue weighted by atomic mass is 9.74. The third kappa shape index (κ3) is 2.28. The van der Waals surface area contributed by atoms with Gasteiger partial charge in [0.25, 0.3) is 0 Å². The van der Waals surface area contributed by atoms with Crippen molar-refractivity contribution in [3.8, 4) is 11.5 Å². The Hall–Kier alpha value is -2.33. The van der Waals surface area contributed by atoms with Crippen LogP contribution >= 0.6 is 0 Å². The van der Waals surface area contributed by atoms with Gasteiger partial charge in [0, 0.05) is 17.7 Å². The summed E-state index contributed by atoms with van der Waals surface area (Å²) in [4.78, 5) is 15.9. The lowest BCUT2D eigenvalue weighted by molar-refractivity contribution is -0.163. The fourth-order valence-corrected chi connectivity index (χ4v) is 4.72. The summed E-state index contributed by atoms with van der Waals surface area (Å²) in [5, 5.41) is 0. The van der Waals surface area contributed by atoms with Crippen molar-refractivity contribution in [3.63, 3.8) is 0 Å². The summed E-state index contributed by atoms with van der Waals surface area (Å²) in [5.41, 5.74) is 0.909. The molecule has 2 aromatic carbocycles. The molecule has 0 amide bonds. The molecule has 6 rings (SSSR count). The number of para-hydroxylation sites is 2. The van der Waals surface area contributed by atoms with E-state index in [9.17, 15) is 4.79 Å². The SMILES string of the molecule is CC1(C(=O)OC2CN3CCC2CC3)c2ccccc2Oc2ccccc21. The highest BCUT2D eigenvalue weighted by molar-refractivity contribution is 5.90. The Bertz CT molecular complexity index is 808. The average molecular weight is 349 g/mol. The van der Waals surface area contributed by atoms with E-state index in [4.69, 9.17) is 9.47 Å². The van der Waals surface area contributed by atoms with Gasteiger partial charge in [-0.2, -0.15) is 0 Å². The average Bonchev–Trinajstić information content (AvgIpc) is 2.69. The molecule has 2 bridgehead atoms. The molecule has 4 nitrogen and oxygen atoms in total. The van der Waals surface area contributed by atoms with E-state index < -0.39 is 5.41 Å². The third-order valence-corrected chi connectivity index (χ3v) is 6.33. The smallest absolute Gasteiger partial charge is 0.321 e. The van der Waals surface area contributed by atoms with E-state index in [1.165, 1.54) is 0 Å². The van der Waals surface area contributed by atoms with E-state index in [1.54, 1.807) is 0 Å². The number of rotatable bonds is 2. The van der Waals surface area contributed by atoms with Crippen molar-refractivity contribution in [2.45, 2.75) is 31.3 Å². The van der Waals surface area contributed by atoms with E-state index >= 15 is 0 Å². The van der Waals surface area contributed by atoms with Gasteiger partial charge >= 0.3 is 5.97 Å². The summed E-state index contributed by atoms with van der Waals surface area (Å²) in [5.74, 6) is 1.80. The van der Waals surface area contributed by atoms with Gasteiger partial charge in [-0.15, -0.1) is 0 Å². The number of hydrogen-bond acceptors (Lipinski definition) is 4.